The fourth-order valence-corrected chi connectivity index (χ4v) is 2.65. The summed E-state index contributed by atoms with van der Waals surface area (Å²) in [5.74, 6) is 1.92. The van der Waals surface area contributed by atoms with E-state index in [-0.39, 0.29) is 0 Å². The molecule has 2 aliphatic rings. The van der Waals surface area contributed by atoms with E-state index >= 15 is 0 Å². The summed E-state index contributed by atoms with van der Waals surface area (Å²) in [7, 11) is 0. The monoisotopic (exact) mass is 130 g/mol. The lowest BCUT2D eigenvalue weighted by molar-refractivity contribution is 0.487. The summed E-state index contributed by atoms with van der Waals surface area (Å²) in [6.45, 7) is 0. The molecule has 1 heteroatoms. The first kappa shape index (κ1) is 5.10. The molecule has 2 bridgehead atoms. The van der Waals surface area contributed by atoms with E-state index in [2.05, 4.69) is 0 Å². The SMILES string of the molecule is Cl[C@@H]1C[C@H]2CC[C@H]1C2. The van der Waals surface area contributed by atoms with Gasteiger partial charge in [0.1, 0.15) is 0 Å². The fourth-order valence-electron chi connectivity index (χ4n) is 2.17. The quantitative estimate of drug-likeness (QED) is 0.442. The molecule has 3 atom stereocenters. The lowest BCUT2D eigenvalue weighted by Gasteiger charge is -2.13. The molecule has 46 valence electrons. The standard InChI is InChI=1S/C7H11Cl/c8-7-4-5-1-2-6(7)3-5/h5-7H,1-4H2/t5-,6-,7+/m0/s1. The van der Waals surface area contributed by atoms with Crippen LogP contribution in [0.4, 0.5) is 0 Å². The zero-order valence-electron chi connectivity index (χ0n) is 4.94. The second kappa shape index (κ2) is 1.63. The maximum atomic E-state index is 6.01. The van der Waals surface area contributed by atoms with E-state index in [0.717, 1.165) is 11.8 Å². The first-order chi connectivity index (χ1) is 3.86. The summed E-state index contributed by atoms with van der Waals surface area (Å²) < 4.78 is 0. The maximum absolute atomic E-state index is 6.01. The fraction of sp³-hybridized carbons (Fsp3) is 1.00. The van der Waals surface area contributed by atoms with E-state index in [9.17, 15) is 0 Å². The molecule has 0 spiro atoms. The van der Waals surface area contributed by atoms with Crippen LogP contribution in [0.5, 0.6) is 0 Å². The Hall–Kier alpha value is 0.290. The van der Waals surface area contributed by atoms with Gasteiger partial charge in [0.25, 0.3) is 0 Å². The van der Waals surface area contributed by atoms with E-state index < -0.39 is 0 Å². The molecule has 0 aliphatic heterocycles. The Balaban J connectivity index is 2.11. The highest BCUT2D eigenvalue weighted by molar-refractivity contribution is 6.21. The highest BCUT2D eigenvalue weighted by atomic mass is 35.5. The van der Waals surface area contributed by atoms with Gasteiger partial charge in [0, 0.05) is 5.38 Å². The Kier molecular flexibility index (Phi) is 1.04. The van der Waals surface area contributed by atoms with Crippen LogP contribution in [0, 0.1) is 11.8 Å². The molecular formula is C7H11Cl. The van der Waals surface area contributed by atoms with Crippen LogP contribution in [0.15, 0.2) is 0 Å². The zero-order valence-corrected chi connectivity index (χ0v) is 5.69. The van der Waals surface area contributed by atoms with Crippen LogP contribution in [0.3, 0.4) is 0 Å². The van der Waals surface area contributed by atoms with Gasteiger partial charge in [0.2, 0.25) is 0 Å². The number of hydrogen-bond donors (Lipinski definition) is 0. The van der Waals surface area contributed by atoms with Gasteiger partial charge in [-0.15, -0.1) is 11.6 Å². The van der Waals surface area contributed by atoms with E-state index in [4.69, 9.17) is 11.6 Å². The average Bonchev–Trinajstić information content (AvgIpc) is 2.23. The first-order valence-electron chi connectivity index (χ1n) is 3.50. The van der Waals surface area contributed by atoms with Crippen molar-refractivity contribution in [3.05, 3.63) is 0 Å². The van der Waals surface area contributed by atoms with Crippen molar-refractivity contribution in [2.24, 2.45) is 11.8 Å². The third-order valence-electron chi connectivity index (χ3n) is 2.65. The molecule has 0 unspecified atom stereocenters. The molecule has 2 fully saturated rings. The Morgan fingerprint density at radius 3 is 2.25 bits per heavy atom. The minimum absolute atomic E-state index is 0.550. The van der Waals surface area contributed by atoms with Crippen molar-refractivity contribution in [3.8, 4) is 0 Å². The van der Waals surface area contributed by atoms with Crippen LogP contribution in [0.25, 0.3) is 0 Å². The van der Waals surface area contributed by atoms with E-state index in [1.807, 2.05) is 0 Å². The van der Waals surface area contributed by atoms with Gasteiger partial charge in [-0.25, -0.2) is 0 Å². The molecule has 0 aromatic rings. The van der Waals surface area contributed by atoms with Gasteiger partial charge in [0.05, 0.1) is 0 Å². The summed E-state index contributed by atoms with van der Waals surface area (Å²) in [6.07, 6.45) is 5.63. The lowest BCUT2D eigenvalue weighted by atomic mass is 10.0. The molecule has 0 nitrogen and oxygen atoms in total. The van der Waals surface area contributed by atoms with Crippen molar-refractivity contribution in [2.75, 3.05) is 0 Å². The smallest absolute Gasteiger partial charge is 0.0367 e. The van der Waals surface area contributed by atoms with Crippen LogP contribution in [0.1, 0.15) is 25.7 Å². The molecule has 2 rings (SSSR count). The molecule has 2 saturated carbocycles. The predicted molar refractivity (Wildman–Crippen MR) is 35.1 cm³/mol. The van der Waals surface area contributed by atoms with Crippen molar-refractivity contribution < 1.29 is 0 Å². The third kappa shape index (κ3) is 0.589. The third-order valence-corrected chi connectivity index (χ3v) is 3.19. The van der Waals surface area contributed by atoms with Gasteiger partial charge >= 0.3 is 0 Å². The first-order valence-corrected chi connectivity index (χ1v) is 3.94. The van der Waals surface area contributed by atoms with Gasteiger partial charge in [-0.1, -0.05) is 6.42 Å². The molecule has 0 aromatic carbocycles. The van der Waals surface area contributed by atoms with E-state index in [1.165, 1.54) is 25.7 Å². The van der Waals surface area contributed by atoms with Crippen molar-refractivity contribution in [1.82, 2.24) is 0 Å². The summed E-state index contributed by atoms with van der Waals surface area (Å²) in [5, 5.41) is 0.550. The van der Waals surface area contributed by atoms with Gasteiger partial charge < -0.3 is 0 Å². The molecule has 0 radical (unpaired) electrons. The molecule has 0 saturated heterocycles. The van der Waals surface area contributed by atoms with Crippen LogP contribution in [-0.4, -0.2) is 5.38 Å². The maximum Gasteiger partial charge on any atom is 0.0367 e. The number of fused-ring (bicyclic) bond motifs is 2. The van der Waals surface area contributed by atoms with Crippen LogP contribution in [-0.2, 0) is 0 Å². The summed E-state index contributed by atoms with van der Waals surface area (Å²) in [6, 6.07) is 0. The number of rotatable bonds is 0. The van der Waals surface area contributed by atoms with E-state index in [0.29, 0.717) is 5.38 Å². The summed E-state index contributed by atoms with van der Waals surface area (Å²) in [5.41, 5.74) is 0. The van der Waals surface area contributed by atoms with Crippen LogP contribution >= 0.6 is 11.6 Å². The van der Waals surface area contributed by atoms with E-state index in [1.54, 1.807) is 0 Å². The van der Waals surface area contributed by atoms with Crippen molar-refractivity contribution >= 4 is 11.6 Å². The lowest BCUT2D eigenvalue weighted by Crippen LogP contribution is -2.08. The minimum Gasteiger partial charge on any atom is -0.123 e. The minimum atomic E-state index is 0.550. The second-order valence-corrected chi connectivity index (χ2v) is 3.75. The topological polar surface area (TPSA) is 0 Å². The number of halogens is 1. The van der Waals surface area contributed by atoms with Gasteiger partial charge in [-0.05, 0) is 31.1 Å². The van der Waals surface area contributed by atoms with Crippen LogP contribution < -0.4 is 0 Å². The van der Waals surface area contributed by atoms with Gasteiger partial charge in [-0.2, -0.15) is 0 Å². The average molecular weight is 131 g/mol. The number of alkyl halides is 1. The summed E-state index contributed by atoms with van der Waals surface area (Å²) in [4.78, 5) is 0. The van der Waals surface area contributed by atoms with Gasteiger partial charge in [-0.3, -0.25) is 0 Å². The van der Waals surface area contributed by atoms with Crippen LogP contribution in [0.2, 0.25) is 0 Å². The number of hydrogen-bond acceptors (Lipinski definition) is 0. The Bertz CT molecular complexity index is 98.6. The van der Waals surface area contributed by atoms with Crippen molar-refractivity contribution in [1.29, 1.82) is 0 Å². The molecule has 0 aromatic heterocycles. The van der Waals surface area contributed by atoms with Gasteiger partial charge in [0.15, 0.2) is 0 Å². The molecule has 0 N–H and O–H groups in total. The van der Waals surface area contributed by atoms with Crippen molar-refractivity contribution in [3.63, 3.8) is 0 Å². The molecular weight excluding hydrogens is 120 g/mol. The van der Waals surface area contributed by atoms with Crippen molar-refractivity contribution in [2.45, 2.75) is 31.1 Å². The Morgan fingerprint density at radius 2 is 2.00 bits per heavy atom. The summed E-state index contributed by atoms with van der Waals surface area (Å²) >= 11 is 6.01. The highest BCUT2D eigenvalue weighted by Gasteiger charge is 2.38. The normalized spacial score (nSPS) is 52.9. The highest BCUT2D eigenvalue weighted by Crippen LogP contribution is 2.46. The predicted octanol–water partition coefficient (Wildman–Crippen LogP) is 2.41. The largest absolute Gasteiger partial charge is 0.123 e. The molecule has 0 amide bonds. The molecule has 2 aliphatic carbocycles. The molecule has 8 heavy (non-hydrogen) atoms. The zero-order chi connectivity index (χ0) is 5.56. The molecule has 0 heterocycles. The Morgan fingerprint density at radius 1 is 1.12 bits per heavy atom. The second-order valence-electron chi connectivity index (χ2n) is 3.19. The Labute approximate surface area is 55.2 Å².